The number of hydrogen-bond acceptors (Lipinski definition) is 3. The number of hydrogen-bond donors (Lipinski definition) is 1. The first kappa shape index (κ1) is 13.1. The second-order valence-corrected chi connectivity index (χ2v) is 3.45. The predicted molar refractivity (Wildman–Crippen MR) is 59.8 cm³/mol. The summed E-state index contributed by atoms with van der Waals surface area (Å²) < 4.78 is 13.2. The molecule has 17 heavy (non-hydrogen) atoms. The van der Waals surface area contributed by atoms with Gasteiger partial charge in [-0.15, -0.1) is 0 Å². The summed E-state index contributed by atoms with van der Waals surface area (Å²) in [5.74, 6) is -1.56. The SMILES string of the molecule is CCN(C)C(=O)CNC(=O)c1ccncc1F. The maximum absolute atomic E-state index is 13.2. The van der Waals surface area contributed by atoms with Gasteiger partial charge in [0.15, 0.2) is 5.82 Å². The minimum atomic E-state index is -0.707. The highest BCUT2D eigenvalue weighted by molar-refractivity contribution is 5.96. The highest BCUT2D eigenvalue weighted by atomic mass is 19.1. The number of likely N-dealkylation sites (N-methyl/N-ethyl adjacent to an activating group) is 1. The molecule has 5 nitrogen and oxygen atoms in total. The molecule has 92 valence electrons. The number of amides is 2. The van der Waals surface area contributed by atoms with Gasteiger partial charge in [0.25, 0.3) is 5.91 Å². The Morgan fingerprint density at radius 1 is 1.53 bits per heavy atom. The van der Waals surface area contributed by atoms with Gasteiger partial charge in [-0.05, 0) is 13.0 Å². The molecule has 2 amide bonds. The molecule has 0 fully saturated rings. The topological polar surface area (TPSA) is 62.3 Å². The first-order valence-electron chi connectivity index (χ1n) is 5.18. The van der Waals surface area contributed by atoms with Gasteiger partial charge < -0.3 is 10.2 Å². The largest absolute Gasteiger partial charge is 0.345 e. The molecule has 1 N–H and O–H groups in total. The monoisotopic (exact) mass is 239 g/mol. The quantitative estimate of drug-likeness (QED) is 0.828. The van der Waals surface area contributed by atoms with Gasteiger partial charge in [-0.25, -0.2) is 4.39 Å². The molecule has 0 aliphatic rings. The number of rotatable bonds is 4. The molecule has 1 rings (SSSR count). The fourth-order valence-electron chi connectivity index (χ4n) is 1.12. The number of nitrogens with zero attached hydrogens (tertiary/aromatic N) is 2. The van der Waals surface area contributed by atoms with Crippen LogP contribution in [0.1, 0.15) is 17.3 Å². The van der Waals surface area contributed by atoms with Crippen LogP contribution in [0.15, 0.2) is 18.5 Å². The number of aromatic nitrogens is 1. The fraction of sp³-hybridized carbons (Fsp3) is 0.364. The molecule has 0 unspecified atom stereocenters. The molecular formula is C11H14FN3O2. The van der Waals surface area contributed by atoms with Gasteiger partial charge in [0, 0.05) is 19.8 Å². The average Bonchev–Trinajstić information content (AvgIpc) is 2.35. The number of carbonyl (C=O) groups excluding carboxylic acids is 2. The Balaban J connectivity index is 2.57. The minimum absolute atomic E-state index is 0.119. The Morgan fingerprint density at radius 3 is 2.82 bits per heavy atom. The smallest absolute Gasteiger partial charge is 0.254 e. The van der Waals surface area contributed by atoms with Gasteiger partial charge in [0.05, 0.1) is 18.3 Å². The van der Waals surface area contributed by atoms with Crippen molar-refractivity contribution in [2.75, 3.05) is 20.1 Å². The van der Waals surface area contributed by atoms with Crippen molar-refractivity contribution in [1.29, 1.82) is 0 Å². The second-order valence-electron chi connectivity index (χ2n) is 3.45. The van der Waals surface area contributed by atoms with Gasteiger partial charge in [-0.2, -0.15) is 0 Å². The lowest BCUT2D eigenvalue weighted by Gasteiger charge is -2.14. The summed E-state index contributed by atoms with van der Waals surface area (Å²) in [7, 11) is 1.63. The molecule has 0 radical (unpaired) electrons. The van der Waals surface area contributed by atoms with Crippen LogP contribution < -0.4 is 5.32 Å². The van der Waals surface area contributed by atoms with Crippen molar-refractivity contribution in [2.24, 2.45) is 0 Å². The van der Waals surface area contributed by atoms with E-state index in [1.54, 1.807) is 7.05 Å². The molecule has 0 bridgehead atoms. The van der Waals surface area contributed by atoms with E-state index in [2.05, 4.69) is 10.3 Å². The standard InChI is InChI=1S/C11H14FN3O2/c1-3-15(2)10(16)7-14-11(17)8-4-5-13-6-9(8)12/h4-6H,3,7H2,1-2H3,(H,14,17). The number of nitrogens with one attached hydrogen (secondary N) is 1. The van der Waals surface area contributed by atoms with Crippen molar-refractivity contribution >= 4 is 11.8 Å². The van der Waals surface area contributed by atoms with Crippen LogP contribution in [0.25, 0.3) is 0 Å². The van der Waals surface area contributed by atoms with Gasteiger partial charge in [0.2, 0.25) is 5.91 Å². The van der Waals surface area contributed by atoms with Crippen molar-refractivity contribution in [3.63, 3.8) is 0 Å². The van der Waals surface area contributed by atoms with Crippen LogP contribution >= 0.6 is 0 Å². The zero-order chi connectivity index (χ0) is 12.8. The summed E-state index contributed by atoms with van der Waals surface area (Å²) in [4.78, 5) is 27.9. The molecule has 0 aliphatic heterocycles. The zero-order valence-electron chi connectivity index (χ0n) is 9.74. The molecule has 6 heteroatoms. The van der Waals surface area contributed by atoms with Crippen molar-refractivity contribution in [1.82, 2.24) is 15.2 Å². The average molecular weight is 239 g/mol. The van der Waals surface area contributed by atoms with E-state index in [0.717, 1.165) is 6.20 Å². The van der Waals surface area contributed by atoms with Crippen LogP contribution in [0.4, 0.5) is 4.39 Å². The van der Waals surface area contributed by atoms with Crippen molar-refractivity contribution in [2.45, 2.75) is 6.92 Å². The van der Waals surface area contributed by atoms with Crippen LogP contribution in [0, 0.1) is 5.82 Å². The lowest BCUT2D eigenvalue weighted by atomic mass is 10.2. The van der Waals surface area contributed by atoms with E-state index in [4.69, 9.17) is 0 Å². The van der Waals surface area contributed by atoms with Gasteiger partial charge in [0.1, 0.15) is 0 Å². The van der Waals surface area contributed by atoms with Crippen LogP contribution in [0.2, 0.25) is 0 Å². The number of halogens is 1. The summed E-state index contributed by atoms with van der Waals surface area (Å²) in [6, 6.07) is 1.26. The second kappa shape index (κ2) is 5.93. The zero-order valence-corrected chi connectivity index (χ0v) is 9.74. The maximum Gasteiger partial charge on any atom is 0.254 e. The highest BCUT2D eigenvalue weighted by Crippen LogP contribution is 2.03. The van der Waals surface area contributed by atoms with Gasteiger partial charge in [-0.3, -0.25) is 14.6 Å². The van der Waals surface area contributed by atoms with E-state index in [-0.39, 0.29) is 18.0 Å². The van der Waals surface area contributed by atoms with Crippen molar-refractivity contribution in [3.05, 3.63) is 29.8 Å². The fourth-order valence-corrected chi connectivity index (χ4v) is 1.12. The summed E-state index contributed by atoms with van der Waals surface area (Å²) in [5, 5.41) is 2.36. The van der Waals surface area contributed by atoms with E-state index < -0.39 is 11.7 Å². The molecule has 0 saturated carbocycles. The number of pyridine rings is 1. The van der Waals surface area contributed by atoms with Crippen LogP contribution in [-0.4, -0.2) is 41.8 Å². The molecule has 1 aromatic rings. The Labute approximate surface area is 98.6 Å². The Bertz CT molecular complexity index is 423. The molecule has 0 saturated heterocycles. The van der Waals surface area contributed by atoms with Crippen molar-refractivity contribution < 1.29 is 14.0 Å². The lowest BCUT2D eigenvalue weighted by molar-refractivity contribution is -0.128. The third-order valence-electron chi connectivity index (χ3n) is 2.32. The third-order valence-corrected chi connectivity index (χ3v) is 2.32. The van der Waals surface area contributed by atoms with Crippen LogP contribution in [-0.2, 0) is 4.79 Å². The normalized spacial score (nSPS) is 9.82. The van der Waals surface area contributed by atoms with Crippen LogP contribution in [0.5, 0.6) is 0 Å². The Hall–Kier alpha value is -1.98. The molecule has 0 atom stereocenters. The third kappa shape index (κ3) is 3.51. The maximum atomic E-state index is 13.2. The lowest BCUT2D eigenvalue weighted by Crippen LogP contribution is -2.38. The van der Waals surface area contributed by atoms with Crippen molar-refractivity contribution in [3.8, 4) is 0 Å². The molecule has 0 spiro atoms. The molecular weight excluding hydrogens is 225 g/mol. The summed E-state index contributed by atoms with van der Waals surface area (Å²) in [6.45, 7) is 2.23. The first-order valence-corrected chi connectivity index (χ1v) is 5.18. The predicted octanol–water partition coefficient (Wildman–Crippen LogP) is 0.429. The molecule has 1 aromatic heterocycles. The molecule has 0 aromatic carbocycles. The van der Waals surface area contributed by atoms with Gasteiger partial charge in [-0.1, -0.05) is 0 Å². The first-order chi connectivity index (χ1) is 8.06. The summed E-state index contributed by atoms with van der Waals surface area (Å²) in [6.07, 6.45) is 2.27. The summed E-state index contributed by atoms with van der Waals surface area (Å²) >= 11 is 0. The van der Waals surface area contributed by atoms with Gasteiger partial charge >= 0.3 is 0 Å². The minimum Gasteiger partial charge on any atom is -0.345 e. The van der Waals surface area contributed by atoms with E-state index in [1.807, 2.05) is 6.92 Å². The van der Waals surface area contributed by atoms with E-state index in [1.165, 1.54) is 17.2 Å². The number of carbonyl (C=O) groups is 2. The van der Waals surface area contributed by atoms with E-state index in [9.17, 15) is 14.0 Å². The Kier molecular flexibility index (Phi) is 4.56. The van der Waals surface area contributed by atoms with E-state index >= 15 is 0 Å². The van der Waals surface area contributed by atoms with Crippen LogP contribution in [0.3, 0.4) is 0 Å². The van der Waals surface area contributed by atoms with E-state index in [0.29, 0.717) is 6.54 Å². The Morgan fingerprint density at radius 2 is 2.24 bits per heavy atom. The molecule has 0 aliphatic carbocycles. The highest BCUT2D eigenvalue weighted by Gasteiger charge is 2.13. The summed E-state index contributed by atoms with van der Waals surface area (Å²) in [5.41, 5.74) is -0.119. The molecule has 1 heterocycles.